The van der Waals surface area contributed by atoms with E-state index in [-0.39, 0.29) is 16.8 Å². The Labute approximate surface area is 172 Å². The summed E-state index contributed by atoms with van der Waals surface area (Å²) < 4.78 is 1.21. The number of aromatic hydroxyl groups is 1. The molecule has 150 valence electrons. The van der Waals surface area contributed by atoms with Gasteiger partial charge in [0, 0.05) is 31.2 Å². The number of hydrogen-bond donors (Lipinski definition) is 2. The van der Waals surface area contributed by atoms with Crippen molar-refractivity contribution >= 4 is 28.1 Å². The molecule has 0 unspecified atom stereocenters. The van der Waals surface area contributed by atoms with Gasteiger partial charge in [-0.25, -0.2) is 4.79 Å². The van der Waals surface area contributed by atoms with Crippen LogP contribution >= 0.6 is 11.6 Å². The van der Waals surface area contributed by atoms with Crippen molar-refractivity contribution < 1.29 is 5.11 Å². The molecule has 0 fully saturated rings. The number of hydrogen-bond acceptors (Lipinski definition) is 4. The summed E-state index contributed by atoms with van der Waals surface area (Å²) in [5.41, 5.74) is 1.84. The SMILES string of the molecule is O=c1[nH]c2c(O)cccc2c(=O)n1CCCN1CC=C(c2ccc(Cl)cc2)CC1. The molecule has 0 amide bonds. The number of rotatable bonds is 5. The quantitative estimate of drug-likeness (QED) is 0.675. The van der Waals surface area contributed by atoms with E-state index in [0.717, 1.165) is 31.1 Å². The Bertz CT molecular complexity index is 1180. The Morgan fingerprint density at radius 2 is 1.86 bits per heavy atom. The molecular weight excluding hydrogens is 390 g/mol. The van der Waals surface area contributed by atoms with Crippen molar-refractivity contribution in [2.24, 2.45) is 0 Å². The summed E-state index contributed by atoms with van der Waals surface area (Å²) in [5, 5.41) is 10.9. The number of halogens is 1. The first-order chi connectivity index (χ1) is 14.0. The van der Waals surface area contributed by atoms with Gasteiger partial charge in [-0.05, 0) is 48.2 Å². The van der Waals surface area contributed by atoms with E-state index in [1.165, 1.54) is 21.8 Å². The van der Waals surface area contributed by atoms with Crippen LogP contribution in [0.3, 0.4) is 0 Å². The van der Waals surface area contributed by atoms with Crippen molar-refractivity contribution in [1.82, 2.24) is 14.5 Å². The van der Waals surface area contributed by atoms with E-state index in [2.05, 4.69) is 16.0 Å². The van der Waals surface area contributed by atoms with Crippen molar-refractivity contribution in [3.8, 4) is 5.75 Å². The van der Waals surface area contributed by atoms with Gasteiger partial charge in [-0.2, -0.15) is 0 Å². The fourth-order valence-corrected chi connectivity index (χ4v) is 3.88. The Morgan fingerprint density at radius 3 is 2.59 bits per heavy atom. The van der Waals surface area contributed by atoms with Crippen LogP contribution in [0.2, 0.25) is 5.02 Å². The van der Waals surface area contributed by atoms with Gasteiger partial charge in [0.1, 0.15) is 5.75 Å². The second-order valence-electron chi connectivity index (χ2n) is 7.23. The third kappa shape index (κ3) is 4.13. The molecule has 2 aromatic carbocycles. The Balaban J connectivity index is 1.39. The molecule has 1 aliphatic heterocycles. The van der Waals surface area contributed by atoms with Crippen LogP contribution in [0, 0.1) is 0 Å². The minimum Gasteiger partial charge on any atom is -0.506 e. The normalized spacial score (nSPS) is 14.9. The van der Waals surface area contributed by atoms with E-state index in [9.17, 15) is 14.7 Å². The summed E-state index contributed by atoms with van der Waals surface area (Å²) in [6, 6.07) is 12.5. The van der Waals surface area contributed by atoms with Gasteiger partial charge in [-0.1, -0.05) is 35.9 Å². The predicted octanol–water partition coefficient (Wildman–Crippen LogP) is 3.23. The Kier molecular flexibility index (Phi) is 5.56. The lowest BCUT2D eigenvalue weighted by atomic mass is 9.99. The van der Waals surface area contributed by atoms with Crippen LogP contribution in [0.1, 0.15) is 18.4 Å². The fourth-order valence-electron chi connectivity index (χ4n) is 3.76. The first-order valence-corrected chi connectivity index (χ1v) is 10.0. The van der Waals surface area contributed by atoms with Crippen molar-refractivity contribution in [1.29, 1.82) is 0 Å². The number of aromatic nitrogens is 2. The fraction of sp³-hybridized carbons (Fsp3) is 0.273. The molecule has 1 aromatic heterocycles. The first kappa shape index (κ1) is 19.5. The van der Waals surface area contributed by atoms with Crippen LogP contribution in [0.25, 0.3) is 16.5 Å². The summed E-state index contributed by atoms with van der Waals surface area (Å²) >= 11 is 5.95. The summed E-state index contributed by atoms with van der Waals surface area (Å²) in [6.45, 7) is 2.92. The standard InChI is InChI=1S/C22H22ClN3O3/c23-17-7-5-15(6-8-17)16-9-13-25(14-10-16)11-2-12-26-21(28)18-3-1-4-19(27)20(18)24-22(26)29/h1,3-9,27H,2,10-14H2,(H,24,29). The van der Waals surface area contributed by atoms with Crippen LogP contribution < -0.4 is 11.2 Å². The molecule has 4 rings (SSSR count). The highest BCUT2D eigenvalue weighted by molar-refractivity contribution is 6.30. The molecule has 0 spiro atoms. The number of nitrogens with one attached hydrogen (secondary N) is 1. The molecule has 2 heterocycles. The van der Waals surface area contributed by atoms with Crippen molar-refractivity contribution in [2.45, 2.75) is 19.4 Å². The van der Waals surface area contributed by atoms with Gasteiger partial charge >= 0.3 is 5.69 Å². The van der Waals surface area contributed by atoms with Gasteiger partial charge in [0.15, 0.2) is 0 Å². The van der Waals surface area contributed by atoms with Crippen molar-refractivity contribution in [3.63, 3.8) is 0 Å². The lowest BCUT2D eigenvalue weighted by Gasteiger charge is -2.26. The minimum absolute atomic E-state index is 0.0968. The molecule has 2 N–H and O–H groups in total. The van der Waals surface area contributed by atoms with Crippen LogP contribution in [-0.2, 0) is 6.54 Å². The average molecular weight is 412 g/mol. The maximum atomic E-state index is 12.6. The number of nitrogens with zero attached hydrogens (tertiary/aromatic N) is 2. The number of para-hydroxylation sites is 1. The molecule has 0 radical (unpaired) electrons. The molecule has 0 bridgehead atoms. The number of phenolic OH excluding ortho intramolecular Hbond substituents is 1. The van der Waals surface area contributed by atoms with Crippen molar-refractivity contribution in [3.05, 3.63) is 80.0 Å². The predicted molar refractivity (Wildman–Crippen MR) is 116 cm³/mol. The molecule has 6 nitrogen and oxygen atoms in total. The molecule has 0 saturated carbocycles. The highest BCUT2D eigenvalue weighted by Crippen LogP contribution is 2.24. The van der Waals surface area contributed by atoms with Gasteiger partial charge < -0.3 is 10.1 Å². The molecule has 0 atom stereocenters. The highest BCUT2D eigenvalue weighted by Gasteiger charge is 2.14. The largest absolute Gasteiger partial charge is 0.506 e. The van der Waals surface area contributed by atoms with E-state index in [0.29, 0.717) is 18.4 Å². The van der Waals surface area contributed by atoms with Crippen LogP contribution in [0.15, 0.2) is 58.1 Å². The zero-order valence-electron chi connectivity index (χ0n) is 15.9. The van der Waals surface area contributed by atoms with Gasteiger partial charge in [0.05, 0.1) is 10.9 Å². The van der Waals surface area contributed by atoms with E-state index >= 15 is 0 Å². The maximum Gasteiger partial charge on any atom is 0.328 e. The van der Waals surface area contributed by atoms with Gasteiger partial charge in [-0.3, -0.25) is 14.3 Å². The van der Waals surface area contributed by atoms with E-state index in [4.69, 9.17) is 11.6 Å². The number of benzene rings is 2. The van der Waals surface area contributed by atoms with Crippen LogP contribution in [0.5, 0.6) is 5.75 Å². The van der Waals surface area contributed by atoms with Gasteiger partial charge in [0.25, 0.3) is 5.56 Å². The zero-order chi connectivity index (χ0) is 20.4. The molecule has 0 aliphatic carbocycles. The molecule has 3 aromatic rings. The summed E-state index contributed by atoms with van der Waals surface area (Å²) in [4.78, 5) is 29.8. The monoisotopic (exact) mass is 411 g/mol. The third-order valence-corrected chi connectivity index (χ3v) is 5.61. The Morgan fingerprint density at radius 1 is 1.07 bits per heavy atom. The van der Waals surface area contributed by atoms with E-state index in [1.54, 1.807) is 12.1 Å². The molecule has 29 heavy (non-hydrogen) atoms. The number of aromatic amines is 1. The summed E-state index contributed by atoms with van der Waals surface area (Å²) in [6.07, 6.45) is 3.87. The molecule has 1 aliphatic rings. The lowest BCUT2D eigenvalue weighted by Crippen LogP contribution is -2.36. The maximum absolute atomic E-state index is 12.6. The number of H-pyrrole nitrogens is 1. The van der Waals surface area contributed by atoms with Gasteiger partial charge in [0.2, 0.25) is 0 Å². The molecule has 0 saturated heterocycles. The zero-order valence-corrected chi connectivity index (χ0v) is 16.7. The second kappa shape index (κ2) is 8.27. The molecule has 7 heteroatoms. The van der Waals surface area contributed by atoms with Gasteiger partial charge in [-0.15, -0.1) is 0 Å². The number of phenols is 1. The van der Waals surface area contributed by atoms with Crippen LogP contribution in [0.4, 0.5) is 0 Å². The number of fused-ring (bicyclic) bond motifs is 1. The third-order valence-electron chi connectivity index (χ3n) is 5.36. The highest BCUT2D eigenvalue weighted by atomic mass is 35.5. The Hall–Kier alpha value is -2.83. The smallest absolute Gasteiger partial charge is 0.328 e. The van der Waals surface area contributed by atoms with Crippen molar-refractivity contribution in [2.75, 3.05) is 19.6 Å². The minimum atomic E-state index is -0.493. The first-order valence-electron chi connectivity index (χ1n) is 9.65. The van der Waals surface area contributed by atoms with E-state index in [1.807, 2.05) is 24.3 Å². The topological polar surface area (TPSA) is 78.3 Å². The second-order valence-corrected chi connectivity index (χ2v) is 7.66. The molecular formula is C22H22ClN3O3. The summed E-state index contributed by atoms with van der Waals surface area (Å²) in [7, 11) is 0. The summed E-state index contributed by atoms with van der Waals surface area (Å²) in [5.74, 6) is -0.0968. The van der Waals surface area contributed by atoms with Crippen LogP contribution in [-0.4, -0.2) is 39.2 Å². The van der Waals surface area contributed by atoms with E-state index < -0.39 is 5.69 Å². The lowest BCUT2D eigenvalue weighted by molar-refractivity contribution is 0.290. The average Bonchev–Trinajstić information content (AvgIpc) is 2.72.